The van der Waals surface area contributed by atoms with Crippen molar-refractivity contribution in [2.24, 2.45) is 0 Å². The minimum absolute atomic E-state index is 0.0459. The third-order valence-electron chi connectivity index (χ3n) is 3.30. The first-order valence-electron chi connectivity index (χ1n) is 6.89. The molecule has 6 heteroatoms. The van der Waals surface area contributed by atoms with Crippen molar-refractivity contribution in [2.45, 2.75) is 24.0 Å². The highest BCUT2D eigenvalue weighted by molar-refractivity contribution is 8.00. The van der Waals surface area contributed by atoms with Gasteiger partial charge in [0.05, 0.1) is 10.9 Å². The van der Waals surface area contributed by atoms with Gasteiger partial charge in [-0.3, -0.25) is 9.59 Å². The van der Waals surface area contributed by atoms with Crippen LogP contribution in [0.2, 0.25) is 0 Å². The molecule has 1 atom stereocenters. The summed E-state index contributed by atoms with van der Waals surface area (Å²) in [4.78, 5) is 29.2. The van der Waals surface area contributed by atoms with Gasteiger partial charge in [0.15, 0.2) is 0 Å². The maximum Gasteiger partial charge on any atom is 0.256 e. The fourth-order valence-electron chi connectivity index (χ4n) is 2.15. The second-order valence-electron chi connectivity index (χ2n) is 5.08. The van der Waals surface area contributed by atoms with Gasteiger partial charge in [0, 0.05) is 16.2 Å². The highest BCUT2D eigenvalue weighted by atomic mass is 32.2. The molecule has 0 spiro atoms. The summed E-state index contributed by atoms with van der Waals surface area (Å²) < 4.78 is 0. The molecule has 22 heavy (non-hydrogen) atoms. The lowest BCUT2D eigenvalue weighted by Crippen LogP contribution is -2.26. The van der Waals surface area contributed by atoms with Crippen LogP contribution in [0.5, 0.6) is 0 Å². The minimum Gasteiger partial charge on any atom is -0.324 e. The molecule has 3 rings (SSSR count). The first-order valence-corrected chi connectivity index (χ1v) is 7.77. The maximum atomic E-state index is 12.3. The number of thioether (sulfide) groups is 1. The Balaban J connectivity index is 1.82. The predicted octanol–water partition coefficient (Wildman–Crippen LogP) is 3.08. The topological polar surface area (TPSA) is 71.1 Å². The number of amides is 2. The molecule has 1 aromatic carbocycles. The van der Waals surface area contributed by atoms with Crippen LogP contribution in [0.25, 0.3) is 0 Å². The molecule has 1 aliphatic rings. The fraction of sp³-hybridized carbons (Fsp3) is 0.188. The fourth-order valence-corrected chi connectivity index (χ4v) is 3.08. The van der Waals surface area contributed by atoms with E-state index >= 15 is 0 Å². The van der Waals surface area contributed by atoms with Crippen LogP contribution in [0.15, 0.2) is 41.3 Å². The Morgan fingerprint density at radius 1 is 1.32 bits per heavy atom. The molecule has 0 fully saturated rings. The molecule has 2 amide bonds. The van der Waals surface area contributed by atoms with Gasteiger partial charge in [-0.2, -0.15) is 0 Å². The standard InChI is InChI=1S/C16H15N3O2S/c1-9-4-3-5-14(17-9)19-16(21)11-6-7-13-12(8-11)18-15(20)10(2)22-13/h3-8,10H,1-2H3,(H,18,20)(H,17,19,21). The van der Waals surface area contributed by atoms with Crippen molar-refractivity contribution < 1.29 is 9.59 Å². The Morgan fingerprint density at radius 2 is 2.14 bits per heavy atom. The van der Waals surface area contributed by atoms with Gasteiger partial charge in [-0.25, -0.2) is 4.98 Å². The van der Waals surface area contributed by atoms with Crippen molar-refractivity contribution in [1.82, 2.24) is 4.98 Å². The summed E-state index contributed by atoms with van der Waals surface area (Å²) in [5.41, 5.74) is 2.00. The molecule has 112 valence electrons. The Bertz CT molecular complexity index is 761. The first-order chi connectivity index (χ1) is 10.5. The van der Waals surface area contributed by atoms with Crippen molar-refractivity contribution in [3.05, 3.63) is 47.7 Å². The van der Waals surface area contributed by atoms with E-state index in [1.54, 1.807) is 18.2 Å². The van der Waals surface area contributed by atoms with Crippen LogP contribution in [-0.4, -0.2) is 22.0 Å². The second-order valence-corrected chi connectivity index (χ2v) is 6.46. The van der Waals surface area contributed by atoms with Crippen LogP contribution in [0.4, 0.5) is 11.5 Å². The van der Waals surface area contributed by atoms with E-state index in [0.29, 0.717) is 17.1 Å². The number of pyridine rings is 1. The maximum absolute atomic E-state index is 12.3. The summed E-state index contributed by atoms with van der Waals surface area (Å²) in [5.74, 6) is 0.212. The number of rotatable bonds is 2. The lowest BCUT2D eigenvalue weighted by molar-refractivity contribution is -0.115. The zero-order chi connectivity index (χ0) is 15.7. The summed E-state index contributed by atoms with van der Waals surface area (Å²) in [6, 6.07) is 10.7. The molecule has 2 aromatic rings. The zero-order valence-electron chi connectivity index (χ0n) is 12.2. The minimum atomic E-state index is -0.251. The lowest BCUT2D eigenvalue weighted by Gasteiger charge is -2.21. The Labute approximate surface area is 132 Å². The molecule has 0 saturated carbocycles. The number of anilines is 2. The molecule has 0 radical (unpaired) electrons. The molecule has 0 aliphatic carbocycles. The van der Waals surface area contributed by atoms with Gasteiger partial charge in [-0.1, -0.05) is 6.07 Å². The van der Waals surface area contributed by atoms with Crippen molar-refractivity contribution in [2.75, 3.05) is 10.6 Å². The number of aromatic nitrogens is 1. The quantitative estimate of drug-likeness (QED) is 0.894. The molecule has 0 bridgehead atoms. The number of benzene rings is 1. The van der Waals surface area contributed by atoms with Crippen LogP contribution in [0.1, 0.15) is 23.0 Å². The van der Waals surface area contributed by atoms with Crippen LogP contribution in [0.3, 0.4) is 0 Å². The van der Waals surface area contributed by atoms with Crippen molar-refractivity contribution >= 4 is 35.1 Å². The third kappa shape index (κ3) is 2.96. The number of nitrogens with one attached hydrogen (secondary N) is 2. The van der Waals surface area contributed by atoms with Crippen LogP contribution >= 0.6 is 11.8 Å². The highest BCUT2D eigenvalue weighted by Gasteiger charge is 2.23. The van der Waals surface area contributed by atoms with E-state index in [1.165, 1.54) is 11.8 Å². The second kappa shape index (κ2) is 5.81. The molecule has 5 nitrogen and oxygen atoms in total. The van der Waals surface area contributed by atoms with E-state index in [0.717, 1.165) is 10.6 Å². The number of carbonyl (C=O) groups excluding carboxylic acids is 2. The number of hydrogen-bond donors (Lipinski definition) is 2. The normalized spacial score (nSPS) is 16.6. The summed E-state index contributed by atoms with van der Waals surface area (Å²) in [7, 11) is 0. The molecule has 1 aliphatic heterocycles. The van der Waals surface area contributed by atoms with Gasteiger partial charge in [0.2, 0.25) is 5.91 Å². The molecule has 2 N–H and O–H groups in total. The van der Waals surface area contributed by atoms with Crippen LogP contribution in [0, 0.1) is 6.92 Å². The van der Waals surface area contributed by atoms with E-state index in [1.807, 2.05) is 32.0 Å². The Morgan fingerprint density at radius 3 is 2.91 bits per heavy atom. The smallest absolute Gasteiger partial charge is 0.256 e. The molecule has 0 saturated heterocycles. The van der Waals surface area contributed by atoms with Gasteiger partial charge in [-0.15, -0.1) is 11.8 Å². The average Bonchev–Trinajstić information content (AvgIpc) is 2.48. The van der Waals surface area contributed by atoms with E-state index in [4.69, 9.17) is 0 Å². The van der Waals surface area contributed by atoms with Gasteiger partial charge in [0.25, 0.3) is 5.91 Å². The van der Waals surface area contributed by atoms with Crippen molar-refractivity contribution in [3.8, 4) is 0 Å². The lowest BCUT2D eigenvalue weighted by atomic mass is 10.1. The van der Waals surface area contributed by atoms with E-state index in [2.05, 4.69) is 15.6 Å². The number of nitrogens with zero attached hydrogens (tertiary/aromatic N) is 1. The molecule has 1 unspecified atom stereocenters. The summed E-state index contributed by atoms with van der Waals surface area (Å²) >= 11 is 1.49. The number of fused-ring (bicyclic) bond motifs is 1. The molecule has 2 heterocycles. The van der Waals surface area contributed by atoms with Crippen LogP contribution < -0.4 is 10.6 Å². The first kappa shape index (κ1) is 14.6. The Hall–Kier alpha value is -2.34. The number of aryl methyl sites for hydroxylation is 1. The summed E-state index contributed by atoms with van der Waals surface area (Å²) in [5, 5.41) is 5.46. The van der Waals surface area contributed by atoms with Gasteiger partial charge >= 0.3 is 0 Å². The SMILES string of the molecule is Cc1cccc(NC(=O)c2ccc3c(c2)NC(=O)C(C)S3)n1. The summed E-state index contributed by atoms with van der Waals surface area (Å²) in [6.45, 7) is 3.72. The van der Waals surface area contributed by atoms with Gasteiger partial charge in [-0.05, 0) is 44.2 Å². The average molecular weight is 313 g/mol. The highest BCUT2D eigenvalue weighted by Crippen LogP contribution is 2.35. The van der Waals surface area contributed by atoms with Crippen molar-refractivity contribution in [1.29, 1.82) is 0 Å². The molecular formula is C16H15N3O2S. The van der Waals surface area contributed by atoms with Crippen LogP contribution in [-0.2, 0) is 4.79 Å². The van der Waals surface area contributed by atoms with E-state index in [-0.39, 0.29) is 17.1 Å². The predicted molar refractivity (Wildman–Crippen MR) is 87.3 cm³/mol. The molecule has 1 aromatic heterocycles. The van der Waals surface area contributed by atoms with Gasteiger partial charge in [0.1, 0.15) is 5.82 Å². The zero-order valence-corrected chi connectivity index (χ0v) is 13.0. The van der Waals surface area contributed by atoms with Crippen molar-refractivity contribution in [3.63, 3.8) is 0 Å². The summed E-state index contributed by atoms with van der Waals surface area (Å²) in [6.07, 6.45) is 0. The number of carbonyl (C=O) groups is 2. The van der Waals surface area contributed by atoms with E-state index in [9.17, 15) is 9.59 Å². The van der Waals surface area contributed by atoms with E-state index < -0.39 is 0 Å². The molecular weight excluding hydrogens is 298 g/mol. The monoisotopic (exact) mass is 313 g/mol. The largest absolute Gasteiger partial charge is 0.324 e. The third-order valence-corrected chi connectivity index (χ3v) is 4.48. The number of hydrogen-bond acceptors (Lipinski definition) is 4. The van der Waals surface area contributed by atoms with Gasteiger partial charge < -0.3 is 10.6 Å². The Kier molecular flexibility index (Phi) is 3.85.